The topological polar surface area (TPSA) is 37.8 Å². The third kappa shape index (κ3) is 3.15. The molecule has 0 aliphatic rings. The summed E-state index contributed by atoms with van der Waals surface area (Å²) in [4.78, 5) is 8.42. The van der Waals surface area contributed by atoms with Gasteiger partial charge in [0.25, 0.3) is 0 Å². The van der Waals surface area contributed by atoms with Crippen LogP contribution in [0.1, 0.15) is 24.7 Å². The lowest BCUT2D eigenvalue weighted by molar-refractivity contribution is 0.496. The van der Waals surface area contributed by atoms with Crippen LogP contribution in [0.3, 0.4) is 0 Å². The van der Waals surface area contributed by atoms with Gasteiger partial charge in [0.05, 0.1) is 5.69 Å². The van der Waals surface area contributed by atoms with Gasteiger partial charge in [-0.25, -0.2) is 23.1 Å². The quantitative estimate of drug-likeness (QED) is 0.866. The van der Waals surface area contributed by atoms with Crippen molar-refractivity contribution in [1.82, 2.24) is 9.97 Å². The zero-order chi connectivity index (χ0) is 15.6. The van der Waals surface area contributed by atoms with Crippen molar-refractivity contribution in [1.29, 1.82) is 0 Å². The highest BCUT2D eigenvalue weighted by atomic mass is 19.2. The number of halogens is 3. The van der Waals surface area contributed by atoms with Gasteiger partial charge in [0, 0.05) is 23.7 Å². The van der Waals surface area contributed by atoms with Crippen molar-refractivity contribution in [2.75, 3.05) is 11.9 Å². The van der Waals surface area contributed by atoms with Crippen LogP contribution in [0.5, 0.6) is 0 Å². The lowest BCUT2D eigenvalue weighted by atomic mass is 10.1. The van der Waals surface area contributed by atoms with E-state index in [0.29, 0.717) is 29.8 Å². The number of benzene rings is 1. The van der Waals surface area contributed by atoms with Crippen molar-refractivity contribution in [3.8, 4) is 11.3 Å². The summed E-state index contributed by atoms with van der Waals surface area (Å²) in [7, 11) is 0. The van der Waals surface area contributed by atoms with E-state index in [1.807, 2.05) is 6.92 Å². The molecule has 0 aliphatic heterocycles. The fourth-order valence-electron chi connectivity index (χ4n) is 2.01. The second-order valence-corrected chi connectivity index (χ2v) is 4.77. The minimum absolute atomic E-state index is 0.0727. The molecule has 3 nitrogen and oxygen atoms in total. The Kier molecular flexibility index (Phi) is 4.45. The molecule has 0 radical (unpaired) electrons. The highest BCUT2D eigenvalue weighted by molar-refractivity contribution is 5.68. The second kappa shape index (κ2) is 6.11. The highest BCUT2D eigenvalue weighted by Crippen LogP contribution is 2.29. The van der Waals surface area contributed by atoms with Crippen molar-refractivity contribution in [3.05, 3.63) is 41.0 Å². The molecule has 1 N–H and O–H groups in total. The number of aromatic nitrogens is 2. The van der Waals surface area contributed by atoms with E-state index in [2.05, 4.69) is 15.3 Å². The largest absolute Gasteiger partial charge is 0.370 e. The lowest BCUT2D eigenvalue weighted by Gasteiger charge is -2.13. The van der Waals surface area contributed by atoms with Crippen LogP contribution in [0, 0.1) is 31.3 Å². The normalized spacial score (nSPS) is 10.8. The Labute approximate surface area is 121 Å². The van der Waals surface area contributed by atoms with Gasteiger partial charge in [0.15, 0.2) is 11.6 Å². The van der Waals surface area contributed by atoms with Crippen molar-refractivity contribution in [3.63, 3.8) is 0 Å². The summed E-state index contributed by atoms with van der Waals surface area (Å²) in [6.45, 7) is 6.09. The molecular weight excluding hydrogens is 279 g/mol. The van der Waals surface area contributed by atoms with E-state index in [1.165, 1.54) is 0 Å². The van der Waals surface area contributed by atoms with Gasteiger partial charge >= 0.3 is 0 Å². The number of anilines is 1. The Bertz CT molecular complexity index is 672. The molecule has 2 aromatic rings. The summed E-state index contributed by atoms with van der Waals surface area (Å²) in [5, 5.41) is 3.12. The molecule has 1 aromatic carbocycles. The summed E-state index contributed by atoms with van der Waals surface area (Å²) >= 11 is 0. The SMILES string of the molecule is CCCNc1nc(C)nc(-c2cc(F)c(F)cc2F)c1C. The average Bonchev–Trinajstić information content (AvgIpc) is 2.43. The second-order valence-electron chi connectivity index (χ2n) is 4.77. The molecular formula is C15H16F3N3. The van der Waals surface area contributed by atoms with Crippen LogP contribution in [0.4, 0.5) is 19.0 Å². The summed E-state index contributed by atoms with van der Waals surface area (Å²) in [6, 6.07) is 1.35. The van der Waals surface area contributed by atoms with Crippen LogP contribution < -0.4 is 5.32 Å². The number of rotatable bonds is 4. The zero-order valence-electron chi connectivity index (χ0n) is 12.1. The third-order valence-corrected chi connectivity index (χ3v) is 3.07. The maximum Gasteiger partial charge on any atom is 0.161 e. The molecule has 1 aromatic heterocycles. The summed E-state index contributed by atoms with van der Waals surface area (Å²) in [5.74, 6) is -2.17. The lowest BCUT2D eigenvalue weighted by Crippen LogP contribution is -2.08. The molecule has 1 heterocycles. The molecule has 0 aliphatic carbocycles. The van der Waals surface area contributed by atoms with E-state index in [1.54, 1.807) is 13.8 Å². The predicted molar refractivity (Wildman–Crippen MR) is 75.6 cm³/mol. The van der Waals surface area contributed by atoms with Crippen molar-refractivity contribution >= 4 is 5.82 Å². The van der Waals surface area contributed by atoms with Gasteiger partial charge in [-0.15, -0.1) is 0 Å². The minimum Gasteiger partial charge on any atom is -0.370 e. The monoisotopic (exact) mass is 295 g/mol. The van der Waals surface area contributed by atoms with E-state index < -0.39 is 17.5 Å². The molecule has 0 saturated carbocycles. The van der Waals surface area contributed by atoms with E-state index in [0.717, 1.165) is 12.5 Å². The Hall–Kier alpha value is -2.11. The summed E-state index contributed by atoms with van der Waals surface area (Å²) in [6.07, 6.45) is 0.900. The molecule has 6 heteroatoms. The Morgan fingerprint density at radius 3 is 2.33 bits per heavy atom. The maximum atomic E-state index is 13.9. The van der Waals surface area contributed by atoms with Crippen LogP contribution in [-0.2, 0) is 0 Å². The van der Waals surface area contributed by atoms with Crippen LogP contribution in [-0.4, -0.2) is 16.5 Å². The average molecular weight is 295 g/mol. The number of hydrogen-bond donors (Lipinski definition) is 1. The fourth-order valence-corrected chi connectivity index (χ4v) is 2.01. The van der Waals surface area contributed by atoms with Gasteiger partial charge in [-0.05, 0) is 26.3 Å². The van der Waals surface area contributed by atoms with Gasteiger partial charge in [-0.1, -0.05) is 6.92 Å². The van der Waals surface area contributed by atoms with E-state index in [9.17, 15) is 13.2 Å². The van der Waals surface area contributed by atoms with E-state index in [4.69, 9.17) is 0 Å². The van der Waals surface area contributed by atoms with Gasteiger partial charge in [0.1, 0.15) is 17.5 Å². The number of aryl methyl sites for hydroxylation is 1. The predicted octanol–water partition coefficient (Wildman–Crippen LogP) is 4.00. The number of nitrogens with zero attached hydrogens (tertiary/aromatic N) is 2. The molecule has 21 heavy (non-hydrogen) atoms. The molecule has 112 valence electrons. The number of nitrogens with one attached hydrogen (secondary N) is 1. The number of hydrogen-bond acceptors (Lipinski definition) is 3. The zero-order valence-corrected chi connectivity index (χ0v) is 12.1. The van der Waals surface area contributed by atoms with Crippen molar-refractivity contribution < 1.29 is 13.2 Å². The first-order chi connectivity index (χ1) is 9.93. The fraction of sp³-hybridized carbons (Fsp3) is 0.333. The van der Waals surface area contributed by atoms with Gasteiger partial charge in [-0.2, -0.15) is 0 Å². The van der Waals surface area contributed by atoms with Crippen LogP contribution >= 0.6 is 0 Å². The molecule has 0 amide bonds. The van der Waals surface area contributed by atoms with Crippen LogP contribution in [0.2, 0.25) is 0 Å². The standard InChI is InChI=1S/C15H16F3N3/c1-4-5-19-15-8(2)14(20-9(3)21-15)10-6-12(17)13(18)7-11(10)16/h6-7H,4-5H2,1-3H3,(H,19,20,21). The highest BCUT2D eigenvalue weighted by Gasteiger charge is 2.17. The molecule has 0 fully saturated rings. The Morgan fingerprint density at radius 1 is 1.00 bits per heavy atom. The van der Waals surface area contributed by atoms with Gasteiger partial charge < -0.3 is 5.32 Å². The molecule has 0 saturated heterocycles. The molecule has 0 unspecified atom stereocenters. The van der Waals surface area contributed by atoms with Crippen molar-refractivity contribution in [2.45, 2.75) is 27.2 Å². The van der Waals surface area contributed by atoms with Crippen LogP contribution in [0.25, 0.3) is 11.3 Å². The first-order valence-electron chi connectivity index (χ1n) is 6.68. The van der Waals surface area contributed by atoms with Gasteiger partial charge in [0.2, 0.25) is 0 Å². The minimum atomic E-state index is -1.22. The molecule has 2 rings (SSSR count). The molecule has 0 bridgehead atoms. The Balaban J connectivity index is 2.58. The summed E-state index contributed by atoms with van der Waals surface area (Å²) < 4.78 is 40.3. The molecule has 0 spiro atoms. The summed E-state index contributed by atoms with van der Waals surface area (Å²) in [5.41, 5.74) is 0.785. The maximum absolute atomic E-state index is 13.9. The third-order valence-electron chi connectivity index (χ3n) is 3.07. The van der Waals surface area contributed by atoms with E-state index in [-0.39, 0.29) is 11.3 Å². The molecule has 0 atom stereocenters. The Morgan fingerprint density at radius 2 is 1.67 bits per heavy atom. The van der Waals surface area contributed by atoms with Gasteiger partial charge in [-0.3, -0.25) is 0 Å². The van der Waals surface area contributed by atoms with Crippen LogP contribution in [0.15, 0.2) is 12.1 Å². The smallest absolute Gasteiger partial charge is 0.161 e. The first kappa shape index (κ1) is 15.3. The first-order valence-corrected chi connectivity index (χ1v) is 6.68. The van der Waals surface area contributed by atoms with Crippen molar-refractivity contribution in [2.24, 2.45) is 0 Å². The van der Waals surface area contributed by atoms with E-state index >= 15 is 0 Å².